The minimum absolute atomic E-state index is 0.628. The Bertz CT molecular complexity index is 210. The minimum Gasteiger partial charge on any atom is -0.381 e. The van der Waals surface area contributed by atoms with Gasteiger partial charge in [0.15, 0.2) is 0 Å². The molecular weight excluding hydrogens is 174 g/mol. The van der Waals surface area contributed by atoms with Gasteiger partial charge in [-0.25, -0.2) is 0 Å². The summed E-state index contributed by atoms with van der Waals surface area (Å²) in [6.45, 7) is 3.26. The van der Waals surface area contributed by atoms with Gasteiger partial charge in [0.1, 0.15) is 0 Å². The molecule has 0 amide bonds. The predicted molar refractivity (Wildman–Crippen MR) is 56.2 cm³/mol. The number of nitrogens with one attached hydrogen (secondary N) is 1. The van der Waals surface area contributed by atoms with Crippen LogP contribution in [0, 0.1) is 11.3 Å². The summed E-state index contributed by atoms with van der Waals surface area (Å²) in [5.41, 5.74) is 0.628. The Morgan fingerprint density at radius 3 is 2.79 bits per heavy atom. The molecule has 1 spiro atoms. The quantitative estimate of drug-likeness (QED) is 0.638. The van der Waals surface area contributed by atoms with E-state index < -0.39 is 0 Å². The second-order valence-corrected chi connectivity index (χ2v) is 5.35. The zero-order valence-electron chi connectivity index (χ0n) is 8.93. The summed E-state index contributed by atoms with van der Waals surface area (Å²) >= 11 is 0. The molecule has 3 fully saturated rings. The second kappa shape index (κ2) is 3.49. The lowest BCUT2D eigenvalue weighted by atomic mass is 9.73. The summed E-state index contributed by atoms with van der Waals surface area (Å²) in [5.74, 6) is 0.988. The summed E-state index contributed by atoms with van der Waals surface area (Å²) in [6.07, 6.45) is 8.41. The number of rotatable bonds is 0. The molecule has 1 aliphatic carbocycles. The Balaban J connectivity index is 1.78. The van der Waals surface area contributed by atoms with Crippen LogP contribution in [0.15, 0.2) is 0 Å². The van der Waals surface area contributed by atoms with E-state index in [9.17, 15) is 0 Å². The molecule has 2 unspecified atom stereocenters. The van der Waals surface area contributed by atoms with Crippen molar-refractivity contribution in [2.24, 2.45) is 11.3 Å². The monoisotopic (exact) mass is 195 g/mol. The standard InChI is InChI=1S/C12H21NO/c1-2-10-3-4-12(11(10)13-7-1)5-8-14-9-6-12/h10-11,13H,1-9H2. The van der Waals surface area contributed by atoms with Gasteiger partial charge in [-0.15, -0.1) is 0 Å². The van der Waals surface area contributed by atoms with Crippen LogP contribution in [-0.4, -0.2) is 25.8 Å². The maximum Gasteiger partial charge on any atom is 0.0471 e. The van der Waals surface area contributed by atoms with Gasteiger partial charge in [-0.1, -0.05) is 0 Å². The second-order valence-electron chi connectivity index (χ2n) is 5.35. The highest BCUT2D eigenvalue weighted by Crippen LogP contribution is 2.50. The number of hydrogen-bond acceptors (Lipinski definition) is 2. The predicted octanol–water partition coefficient (Wildman–Crippen LogP) is 1.95. The maximum absolute atomic E-state index is 5.51. The van der Waals surface area contributed by atoms with Crippen LogP contribution in [0.1, 0.15) is 38.5 Å². The van der Waals surface area contributed by atoms with Crippen LogP contribution in [0.5, 0.6) is 0 Å². The van der Waals surface area contributed by atoms with Crippen LogP contribution in [0.4, 0.5) is 0 Å². The first-order chi connectivity index (χ1) is 6.91. The van der Waals surface area contributed by atoms with E-state index in [1.54, 1.807) is 0 Å². The molecule has 2 atom stereocenters. The lowest BCUT2D eigenvalue weighted by Crippen LogP contribution is -2.50. The molecule has 1 saturated carbocycles. The topological polar surface area (TPSA) is 21.3 Å². The highest BCUT2D eigenvalue weighted by Gasteiger charge is 2.49. The van der Waals surface area contributed by atoms with Gasteiger partial charge in [0.2, 0.25) is 0 Å². The first kappa shape index (κ1) is 9.17. The summed E-state index contributed by atoms with van der Waals surface area (Å²) in [7, 11) is 0. The summed E-state index contributed by atoms with van der Waals surface area (Å²) < 4.78 is 5.51. The van der Waals surface area contributed by atoms with Crippen LogP contribution in [0.3, 0.4) is 0 Å². The van der Waals surface area contributed by atoms with Crippen LogP contribution in [0.2, 0.25) is 0 Å². The van der Waals surface area contributed by atoms with Crippen molar-refractivity contribution in [1.82, 2.24) is 5.32 Å². The van der Waals surface area contributed by atoms with Crippen molar-refractivity contribution in [1.29, 1.82) is 0 Å². The smallest absolute Gasteiger partial charge is 0.0471 e. The fourth-order valence-electron chi connectivity index (χ4n) is 3.95. The van der Waals surface area contributed by atoms with Gasteiger partial charge < -0.3 is 10.1 Å². The average Bonchev–Trinajstić information content (AvgIpc) is 2.60. The van der Waals surface area contributed by atoms with Crippen molar-refractivity contribution in [3.63, 3.8) is 0 Å². The van der Waals surface area contributed by atoms with Crippen molar-refractivity contribution in [2.45, 2.75) is 44.6 Å². The molecule has 0 aromatic rings. The normalized spacial score (nSPS) is 41.1. The summed E-state index contributed by atoms with van der Waals surface area (Å²) in [5, 5.41) is 3.79. The molecule has 2 saturated heterocycles. The van der Waals surface area contributed by atoms with E-state index >= 15 is 0 Å². The largest absolute Gasteiger partial charge is 0.381 e. The molecule has 1 N–H and O–H groups in total. The molecule has 80 valence electrons. The fraction of sp³-hybridized carbons (Fsp3) is 1.00. The van der Waals surface area contributed by atoms with E-state index in [1.807, 2.05) is 0 Å². The van der Waals surface area contributed by atoms with Gasteiger partial charge in [0, 0.05) is 19.3 Å². The van der Waals surface area contributed by atoms with Crippen LogP contribution in [-0.2, 0) is 4.74 Å². The Morgan fingerprint density at radius 2 is 1.93 bits per heavy atom. The number of hydrogen-bond donors (Lipinski definition) is 1. The highest BCUT2D eigenvalue weighted by atomic mass is 16.5. The van der Waals surface area contributed by atoms with E-state index in [2.05, 4.69) is 5.32 Å². The van der Waals surface area contributed by atoms with Crippen molar-refractivity contribution < 1.29 is 4.74 Å². The van der Waals surface area contributed by atoms with Crippen molar-refractivity contribution in [2.75, 3.05) is 19.8 Å². The lowest BCUT2D eigenvalue weighted by Gasteiger charge is -2.42. The Labute approximate surface area is 86.4 Å². The summed E-state index contributed by atoms with van der Waals surface area (Å²) in [4.78, 5) is 0. The van der Waals surface area contributed by atoms with Gasteiger partial charge in [0.05, 0.1) is 0 Å². The Hall–Kier alpha value is -0.0800. The van der Waals surface area contributed by atoms with Crippen LogP contribution < -0.4 is 5.32 Å². The number of fused-ring (bicyclic) bond motifs is 2. The maximum atomic E-state index is 5.51. The van der Waals surface area contributed by atoms with Gasteiger partial charge in [-0.3, -0.25) is 0 Å². The molecule has 0 radical (unpaired) electrons. The van der Waals surface area contributed by atoms with Crippen LogP contribution in [0.25, 0.3) is 0 Å². The van der Waals surface area contributed by atoms with E-state index in [4.69, 9.17) is 4.74 Å². The Kier molecular flexibility index (Phi) is 2.29. The van der Waals surface area contributed by atoms with Gasteiger partial charge in [0.25, 0.3) is 0 Å². The third-order valence-electron chi connectivity index (χ3n) is 4.75. The third-order valence-corrected chi connectivity index (χ3v) is 4.75. The lowest BCUT2D eigenvalue weighted by molar-refractivity contribution is -0.00269. The molecule has 3 rings (SSSR count). The molecular formula is C12H21NO. The van der Waals surface area contributed by atoms with E-state index in [-0.39, 0.29) is 0 Å². The zero-order valence-corrected chi connectivity index (χ0v) is 8.93. The average molecular weight is 195 g/mol. The van der Waals surface area contributed by atoms with Gasteiger partial charge >= 0.3 is 0 Å². The summed E-state index contributed by atoms with van der Waals surface area (Å²) in [6, 6.07) is 0.833. The van der Waals surface area contributed by atoms with Crippen molar-refractivity contribution in [3.8, 4) is 0 Å². The number of piperidine rings is 1. The van der Waals surface area contributed by atoms with Crippen molar-refractivity contribution in [3.05, 3.63) is 0 Å². The third kappa shape index (κ3) is 1.31. The molecule has 2 nitrogen and oxygen atoms in total. The van der Waals surface area contributed by atoms with Crippen LogP contribution >= 0.6 is 0 Å². The molecule has 2 aliphatic heterocycles. The SMILES string of the molecule is C1CNC2C(C1)CCC21CCOCC1. The molecule has 14 heavy (non-hydrogen) atoms. The fourth-order valence-corrected chi connectivity index (χ4v) is 3.95. The van der Waals surface area contributed by atoms with E-state index in [0.717, 1.165) is 25.2 Å². The zero-order chi connectivity index (χ0) is 9.43. The van der Waals surface area contributed by atoms with Crippen molar-refractivity contribution >= 4 is 0 Å². The molecule has 0 aromatic carbocycles. The highest BCUT2D eigenvalue weighted by molar-refractivity contribution is 5.03. The first-order valence-electron chi connectivity index (χ1n) is 6.22. The van der Waals surface area contributed by atoms with Gasteiger partial charge in [-0.05, 0) is 56.4 Å². The number of ether oxygens (including phenoxy) is 1. The first-order valence-corrected chi connectivity index (χ1v) is 6.22. The molecule has 2 heterocycles. The molecule has 2 heteroatoms. The molecule has 0 bridgehead atoms. The Morgan fingerprint density at radius 1 is 1.07 bits per heavy atom. The minimum atomic E-state index is 0.628. The molecule has 0 aromatic heterocycles. The molecule has 3 aliphatic rings. The van der Waals surface area contributed by atoms with Gasteiger partial charge in [-0.2, -0.15) is 0 Å². The van der Waals surface area contributed by atoms with E-state index in [0.29, 0.717) is 5.41 Å². The van der Waals surface area contributed by atoms with E-state index in [1.165, 1.54) is 45.1 Å².